The van der Waals surface area contributed by atoms with Crippen LogP contribution in [0.2, 0.25) is 5.02 Å². The largest absolute Gasteiger partial charge is 0.490 e. The molecule has 0 bridgehead atoms. The third-order valence-corrected chi connectivity index (χ3v) is 3.19. The Morgan fingerprint density at radius 2 is 2.12 bits per heavy atom. The van der Waals surface area contributed by atoms with Crippen LogP contribution in [0.1, 0.15) is 45.3 Å². The lowest BCUT2D eigenvalue weighted by Gasteiger charge is -2.33. The van der Waals surface area contributed by atoms with Gasteiger partial charge < -0.3 is 9.84 Å². The van der Waals surface area contributed by atoms with E-state index in [2.05, 4.69) is 20.8 Å². The lowest BCUT2D eigenvalue weighted by molar-refractivity contribution is 0.0447. The maximum absolute atomic E-state index is 10.1. The number of benzene rings is 1. The third kappa shape index (κ3) is 3.14. The molecular formula is C14H19ClO2. The molecule has 0 aliphatic carbocycles. The Hall–Kier alpha value is -0.730. The molecule has 0 radical (unpaired) electrons. The van der Waals surface area contributed by atoms with E-state index in [1.165, 1.54) is 0 Å². The number of fused-ring (bicyclic) bond motifs is 1. The summed E-state index contributed by atoms with van der Waals surface area (Å²) in [6, 6.07) is 5.43. The molecule has 1 aliphatic rings. The summed E-state index contributed by atoms with van der Waals surface area (Å²) in [5.74, 6) is 0.766. The first-order valence-corrected chi connectivity index (χ1v) is 6.37. The smallest absolute Gasteiger partial charge is 0.125 e. The van der Waals surface area contributed by atoms with Gasteiger partial charge in [0.25, 0.3) is 0 Å². The van der Waals surface area contributed by atoms with Crippen molar-refractivity contribution in [2.45, 2.75) is 45.8 Å². The molecule has 1 heterocycles. The van der Waals surface area contributed by atoms with Crippen molar-refractivity contribution in [2.24, 2.45) is 5.41 Å². The monoisotopic (exact) mass is 254 g/mol. The normalized spacial score (nSPS) is 24.1. The molecule has 0 aromatic heterocycles. The van der Waals surface area contributed by atoms with Crippen molar-refractivity contribution in [3.8, 4) is 5.75 Å². The van der Waals surface area contributed by atoms with E-state index in [0.717, 1.165) is 17.7 Å². The molecule has 2 nitrogen and oxygen atoms in total. The minimum Gasteiger partial charge on any atom is -0.490 e. The molecule has 0 fully saturated rings. The number of aliphatic hydroxyl groups excluding tert-OH is 1. The van der Waals surface area contributed by atoms with Crippen LogP contribution in [0.25, 0.3) is 0 Å². The van der Waals surface area contributed by atoms with Gasteiger partial charge in [0.15, 0.2) is 0 Å². The van der Waals surface area contributed by atoms with Gasteiger partial charge >= 0.3 is 0 Å². The molecule has 0 saturated heterocycles. The van der Waals surface area contributed by atoms with Crippen LogP contribution in [0, 0.1) is 5.41 Å². The second kappa shape index (κ2) is 4.51. The van der Waals surface area contributed by atoms with Gasteiger partial charge in [-0.3, -0.25) is 0 Å². The van der Waals surface area contributed by atoms with Crippen LogP contribution in [0.4, 0.5) is 0 Å². The molecule has 17 heavy (non-hydrogen) atoms. The summed E-state index contributed by atoms with van der Waals surface area (Å²) in [4.78, 5) is 0. The van der Waals surface area contributed by atoms with Gasteiger partial charge in [-0.25, -0.2) is 0 Å². The Kier molecular flexibility index (Phi) is 3.37. The Morgan fingerprint density at radius 3 is 2.76 bits per heavy atom. The fourth-order valence-electron chi connectivity index (χ4n) is 2.30. The van der Waals surface area contributed by atoms with E-state index in [9.17, 15) is 5.11 Å². The van der Waals surface area contributed by atoms with Crippen LogP contribution < -0.4 is 4.74 Å². The number of rotatable bonds is 1. The molecule has 1 unspecified atom stereocenters. The number of hydrogen-bond donors (Lipinski definition) is 1. The molecule has 0 amide bonds. The van der Waals surface area contributed by atoms with Crippen molar-refractivity contribution < 1.29 is 9.84 Å². The van der Waals surface area contributed by atoms with Gasteiger partial charge in [0.2, 0.25) is 0 Å². The van der Waals surface area contributed by atoms with E-state index in [1.807, 2.05) is 6.07 Å². The average Bonchev–Trinajstić information content (AvgIpc) is 2.17. The van der Waals surface area contributed by atoms with Crippen molar-refractivity contribution in [1.82, 2.24) is 0 Å². The first kappa shape index (κ1) is 12.7. The molecule has 2 rings (SSSR count). The van der Waals surface area contributed by atoms with Gasteiger partial charge in [0.1, 0.15) is 11.9 Å². The standard InChI is InChI=1S/C14H19ClO2/c1-14(2,3)8-10-7-12(16)11-6-9(15)4-5-13(11)17-10/h4-6,10,12,16H,7-8H2,1-3H3/t10?,12-/m1/s1. The SMILES string of the molecule is CC(C)(C)CC1C[C@@H](O)c2cc(Cl)ccc2O1. The predicted molar refractivity (Wildman–Crippen MR) is 69.5 cm³/mol. The second-order valence-corrected chi connectivity index (χ2v) is 6.37. The van der Waals surface area contributed by atoms with Crippen LogP contribution in [0.15, 0.2) is 18.2 Å². The summed E-state index contributed by atoms with van der Waals surface area (Å²) >= 11 is 5.92. The summed E-state index contributed by atoms with van der Waals surface area (Å²) in [5.41, 5.74) is 1.01. The van der Waals surface area contributed by atoms with E-state index in [0.29, 0.717) is 11.4 Å². The number of aliphatic hydroxyl groups is 1. The molecule has 1 aliphatic heterocycles. The minimum atomic E-state index is -0.468. The van der Waals surface area contributed by atoms with E-state index in [-0.39, 0.29) is 11.5 Å². The van der Waals surface area contributed by atoms with E-state index in [4.69, 9.17) is 16.3 Å². The summed E-state index contributed by atoms with van der Waals surface area (Å²) < 4.78 is 5.91. The van der Waals surface area contributed by atoms with Crippen molar-refractivity contribution in [3.05, 3.63) is 28.8 Å². The molecule has 1 aromatic rings. The molecule has 3 heteroatoms. The summed E-state index contributed by atoms with van der Waals surface area (Å²) in [5, 5.41) is 10.8. The highest BCUT2D eigenvalue weighted by Gasteiger charge is 2.29. The predicted octanol–water partition coefficient (Wildman–Crippen LogP) is 3.96. The quantitative estimate of drug-likeness (QED) is 0.822. The zero-order valence-electron chi connectivity index (χ0n) is 10.5. The van der Waals surface area contributed by atoms with Gasteiger partial charge in [-0.1, -0.05) is 32.4 Å². The summed E-state index contributed by atoms with van der Waals surface area (Å²) in [7, 11) is 0. The molecule has 0 saturated carbocycles. The van der Waals surface area contributed by atoms with Crippen molar-refractivity contribution in [3.63, 3.8) is 0 Å². The van der Waals surface area contributed by atoms with Gasteiger partial charge in [-0.2, -0.15) is 0 Å². The van der Waals surface area contributed by atoms with Crippen molar-refractivity contribution >= 4 is 11.6 Å². The number of halogens is 1. The third-order valence-electron chi connectivity index (χ3n) is 2.95. The van der Waals surface area contributed by atoms with Gasteiger partial charge in [-0.05, 0) is 30.0 Å². The molecule has 1 N–H and O–H groups in total. The topological polar surface area (TPSA) is 29.5 Å². The Balaban J connectivity index is 2.19. The first-order valence-electron chi connectivity index (χ1n) is 5.99. The lowest BCUT2D eigenvalue weighted by Crippen LogP contribution is -2.29. The summed E-state index contributed by atoms with van der Waals surface area (Å²) in [6.45, 7) is 6.54. The van der Waals surface area contributed by atoms with Gasteiger partial charge in [0, 0.05) is 17.0 Å². The Bertz CT molecular complexity index is 409. The van der Waals surface area contributed by atoms with Gasteiger partial charge in [0.05, 0.1) is 6.10 Å². The van der Waals surface area contributed by atoms with Crippen LogP contribution in [0.5, 0.6) is 5.75 Å². The van der Waals surface area contributed by atoms with E-state index < -0.39 is 6.10 Å². The van der Waals surface area contributed by atoms with Crippen LogP contribution in [-0.2, 0) is 0 Å². The molecule has 1 aromatic carbocycles. The van der Waals surface area contributed by atoms with E-state index in [1.54, 1.807) is 12.1 Å². The molecule has 0 spiro atoms. The maximum Gasteiger partial charge on any atom is 0.125 e. The van der Waals surface area contributed by atoms with Crippen LogP contribution in [-0.4, -0.2) is 11.2 Å². The Morgan fingerprint density at radius 1 is 1.41 bits per heavy atom. The zero-order valence-corrected chi connectivity index (χ0v) is 11.3. The first-order chi connectivity index (χ1) is 7.85. The van der Waals surface area contributed by atoms with E-state index >= 15 is 0 Å². The number of hydrogen-bond acceptors (Lipinski definition) is 2. The van der Waals surface area contributed by atoms with Crippen LogP contribution in [0.3, 0.4) is 0 Å². The zero-order chi connectivity index (χ0) is 12.6. The fourth-order valence-corrected chi connectivity index (χ4v) is 2.48. The van der Waals surface area contributed by atoms with Crippen molar-refractivity contribution in [1.29, 1.82) is 0 Å². The summed E-state index contributed by atoms with van der Waals surface area (Å²) in [6.07, 6.45) is 1.19. The maximum atomic E-state index is 10.1. The molecule has 2 atom stereocenters. The van der Waals surface area contributed by atoms with Crippen molar-refractivity contribution in [2.75, 3.05) is 0 Å². The number of ether oxygens (including phenoxy) is 1. The highest BCUT2D eigenvalue weighted by atomic mass is 35.5. The Labute approximate surface area is 108 Å². The highest BCUT2D eigenvalue weighted by Crippen LogP contribution is 2.39. The second-order valence-electron chi connectivity index (χ2n) is 5.94. The fraction of sp³-hybridized carbons (Fsp3) is 0.571. The lowest BCUT2D eigenvalue weighted by atomic mass is 9.85. The molecule has 94 valence electrons. The minimum absolute atomic E-state index is 0.0821. The average molecular weight is 255 g/mol. The van der Waals surface area contributed by atoms with Gasteiger partial charge in [-0.15, -0.1) is 0 Å². The van der Waals surface area contributed by atoms with Crippen LogP contribution >= 0.6 is 11.6 Å². The molecular weight excluding hydrogens is 236 g/mol. The highest BCUT2D eigenvalue weighted by molar-refractivity contribution is 6.30.